The molecule has 0 fully saturated rings. The van der Waals surface area contributed by atoms with Crippen molar-refractivity contribution in [2.24, 2.45) is 0 Å². The van der Waals surface area contributed by atoms with Gasteiger partial charge in [-0.1, -0.05) is 6.07 Å². The minimum Gasteiger partial charge on any atom is -0.494 e. The van der Waals surface area contributed by atoms with Gasteiger partial charge in [-0.15, -0.1) is 0 Å². The Morgan fingerprint density at radius 3 is 2.68 bits per heavy atom. The molecule has 0 aliphatic carbocycles. The second kappa shape index (κ2) is 8.14. The lowest BCUT2D eigenvalue weighted by molar-refractivity contribution is 0.198. The van der Waals surface area contributed by atoms with Gasteiger partial charge in [-0.3, -0.25) is 0 Å². The summed E-state index contributed by atoms with van der Waals surface area (Å²) < 4.78 is 33.2. The van der Waals surface area contributed by atoms with Crippen LogP contribution in [-0.2, 0) is 14.6 Å². The number of hydrogen-bond donors (Lipinski definition) is 1. The number of benzene rings is 1. The summed E-state index contributed by atoms with van der Waals surface area (Å²) in [4.78, 5) is 0.281. The number of methoxy groups -OCH3 is 1. The molecule has 0 aromatic heterocycles. The maximum atomic E-state index is 11.4. The van der Waals surface area contributed by atoms with Crippen LogP contribution in [0.15, 0.2) is 29.2 Å². The molecule has 6 heteroatoms. The van der Waals surface area contributed by atoms with E-state index in [9.17, 15) is 8.42 Å². The van der Waals surface area contributed by atoms with E-state index < -0.39 is 9.84 Å². The van der Waals surface area contributed by atoms with Gasteiger partial charge < -0.3 is 14.8 Å². The van der Waals surface area contributed by atoms with E-state index in [1.807, 2.05) is 0 Å². The molecule has 0 unspecified atom stereocenters. The van der Waals surface area contributed by atoms with Gasteiger partial charge in [-0.2, -0.15) is 0 Å². The lowest BCUT2D eigenvalue weighted by Crippen LogP contribution is -2.21. The summed E-state index contributed by atoms with van der Waals surface area (Å²) in [6.07, 6.45) is 2.04. The van der Waals surface area contributed by atoms with E-state index in [1.165, 1.54) is 6.26 Å². The van der Waals surface area contributed by atoms with Crippen molar-refractivity contribution in [2.75, 3.05) is 39.7 Å². The summed E-state index contributed by atoms with van der Waals surface area (Å²) in [5.74, 6) is 0.583. The Balaban J connectivity index is 2.30. The van der Waals surface area contributed by atoms with E-state index in [0.717, 1.165) is 19.5 Å². The number of ether oxygens (including phenoxy) is 2. The number of sulfone groups is 1. The second-order valence-corrected chi connectivity index (χ2v) is 6.21. The third-order valence-electron chi connectivity index (χ3n) is 2.48. The maximum Gasteiger partial charge on any atom is 0.175 e. The molecule has 0 heterocycles. The van der Waals surface area contributed by atoms with Crippen LogP contribution in [0.4, 0.5) is 0 Å². The van der Waals surface area contributed by atoms with Gasteiger partial charge in [0, 0.05) is 19.9 Å². The van der Waals surface area contributed by atoms with Gasteiger partial charge >= 0.3 is 0 Å². The molecule has 1 aromatic carbocycles. The number of hydrogen-bond acceptors (Lipinski definition) is 5. The fourth-order valence-electron chi connectivity index (χ4n) is 1.48. The minimum atomic E-state index is -3.18. The van der Waals surface area contributed by atoms with Gasteiger partial charge in [-0.05, 0) is 31.2 Å². The first-order chi connectivity index (χ1) is 9.04. The molecule has 0 radical (unpaired) electrons. The molecule has 0 aliphatic rings. The van der Waals surface area contributed by atoms with Crippen LogP contribution in [0.3, 0.4) is 0 Å². The van der Waals surface area contributed by atoms with E-state index in [2.05, 4.69) is 5.32 Å². The highest BCUT2D eigenvalue weighted by molar-refractivity contribution is 7.90. The van der Waals surface area contributed by atoms with E-state index in [-0.39, 0.29) is 4.90 Å². The van der Waals surface area contributed by atoms with E-state index in [4.69, 9.17) is 9.47 Å². The molecule has 0 bridgehead atoms. The zero-order valence-corrected chi connectivity index (χ0v) is 12.2. The largest absolute Gasteiger partial charge is 0.494 e. The Morgan fingerprint density at radius 1 is 1.21 bits per heavy atom. The maximum absolute atomic E-state index is 11.4. The lowest BCUT2D eigenvalue weighted by Gasteiger charge is -2.08. The molecule has 19 heavy (non-hydrogen) atoms. The molecule has 0 atom stereocenters. The molecule has 0 amide bonds. The van der Waals surface area contributed by atoms with Crippen molar-refractivity contribution in [1.82, 2.24) is 5.32 Å². The van der Waals surface area contributed by atoms with Gasteiger partial charge in [0.2, 0.25) is 0 Å². The van der Waals surface area contributed by atoms with Crippen molar-refractivity contribution in [2.45, 2.75) is 11.3 Å². The third-order valence-corrected chi connectivity index (χ3v) is 3.59. The Bertz CT molecular complexity index is 473. The van der Waals surface area contributed by atoms with Crippen molar-refractivity contribution >= 4 is 9.84 Å². The Morgan fingerprint density at radius 2 is 2.00 bits per heavy atom. The van der Waals surface area contributed by atoms with Crippen LogP contribution in [0.1, 0.15) is 6.42 Å². The zero-order valence-electron chi connectivity index (χ0n) is 11.4. The Hall–Kier alpha value is -1.11. The Kier molecular flexibility index (Phi) is 6.83. The molecular formula is C13H21NO4S. The van der Waals surface area contributed by atoms with Gasteiger partial charge in [0.15, 0.2) is 9.84 Å². The van der Waals surface area contributed by atoms with Gasteiger partial charge in [-0.25, -0.2) is 8.42 Å². The highest BCUT2D eigenvalue weighted by Gasteiger charge is 2.07. The normalized spacial score (nSPS) is 11.5. The highest BCUT2D eigenvalue weighted by atomic mass is 32.2. The molecule has 108 valence electrons. The predicted molar refractivity (Wildman–Crippen MR) is 74.4 cm³/mol. The SMILES string of the molecule is COCCNCCCOc1cccc(S(C)(=O)=O)c1. The van der Waals surface area contributed by atoms with Crippen molar-refractivity contribution in [3.05, 3.63) is 24.3 Å². The standard InChI is InChI=1S/C13H21NO4S/c1-17-10-8-14-7-4-9-18-12-5-3-6-13(11-12)19(2,15)16/h3,5-6,11,14H,4,7-10H2,1-2H3. The quantitative estimate of drug-likeness (QED) is 0.689. The van der Waals surface area contributed by atoms with Crippen LogP contribution >= 0.6 is 0 Å². The van der Waals surface area contributed by atoms with Crippen molar-refractivity contribution in [3.8, 4) is 5.75 Å². The van der Waals surface area contributed by atoms with E-state index >= 15 is 0 Å². The number of nitrogens with one attached hydrogen (secondary N) is 1. The van der Waals surface area contributed by atoms with Crippen molar-refractivity contribution < 1.29 is 17.9 Å². The second-order valence-electron chi connectivity index (χ2n) is 4.19. The van der Waals surface area contributed by atoms with Crippen LogP contribution in [0.5, 0.6) is 5.75 Å². The number of rotatable bonds is 9. The first kappa shape index (κ1) is 15.9. The van der Waals surface area contributed by atoms with Crippen LogP contribution in [-0.4, -0.2) is 48.1 Å². The summed E-state index contributed by atoms with van der Waals surface area (Å²) >= 11 is 0. The average molecular weight is 287 g/mol. The third kappa shape index (κ3) is 6.56. The highest BCUT2D eigenvalue weighted by Crippen LogP contribution is 2.17. The summed E-state index contributed by atoms with van der Waals surface area (Å²) in [6.45, 7) is 2.90. The average Bonchev–Trinajstić information content (AvgIpc) is 2.37. The van der Waals surface area contributed by atoms with Gasteiger partial charge in [0.25, 0.3) is 0 Å². The lowest BCUT2D eigenvalue weighted by atomic mass is 10.3. The zero-order chi connectivity index (χ0) is 14.1. The molecule has 0 aliphatic heterocycles. The molecule has 5 nitrogen and oxygen atoms in total. The first-order valence-electron chi connectivity index (χ1n) is 6.16. The molecular weight excluding hydrogens is 266 g/mol. The summed E-state index contributed by atoms with van der Waals surface area (Å²) in [7, 11) is -1.51. The van der Waals surface area contributed by atoms with E-state index in [0.29, 0.717) is 19.0 Å². The van der Waals surface area contributed by atoms with Gasteiger partial charge in [0.1, 0.15) is 5.75 Å². The molecule has 0 saturated heterocycles. The summed E-state index contributed by atoms with van der Waals surface area (Å²) in [6, 6.07) is 6.55. The molecule has 0 spiro atoms. The predicted octanol–water partition coefficient (Wildman–Crippen LogP) is 1.09. The molecule has 1 rings (SSSR count). The summed E-state index contributed by atoms with van der Waals surface area (Å²) in [5, 5.41) is 3.21. The van der Waals surface area contributed by atoms with Crippen LogP contribution in [0.2, 0.25) is 0 Å². The van der Waals surface area contributed by atoms with Gasteiger partial charge in [0.05, 0.1) is 18.1 Å². The topological polar surface area (TPSA) is 64.6 Å². The molecule has 1 N–H and O–H groups in total. The van der Waals surface area contributed by atoms with Crippen molar-refractivity contribution in [1.29, 1.82) is 0 Å². The Labute approximate surface area is 114 Å². The van der Waals surface area contributed by atoms with Crippen LogP contribution in [0, 0.1) is 0 Å². The van der Waals surface area contributed by atoms with Crippen LogP contribution < -0.4 is 10.1 Å². The minimum absolute atomic E-state index is 0.281. The van der Waals surface area contributed by atoms with E-state index in [1.54, 1.807) is 31.4 Å². The molecule has 0 saturated carbocycles. The van der Waals surface area contributed by atoms with Crippen molar-refractivity contribution in [3.63, 3.8) is 0 Å². The smallest absolute Gasteiger partial charge is 0.175 e. The monoisotopic (exact) mass is 287 g/mol. The fraction of sp³-hybridized carbons (Fsp3) is 0.538. The molecule has 1 aromatic rings. The fourth-order valence-corrected chi connectivity index (χ4v) is 2.14. The van der Waals surface area contributed by atoms with Crippen LogP contribution in [0.25, 0.3) is 0 Å². The summed E-state index contributed by atoms with van der Waals surface area (Å²) in [5.41, 5.74) is 0. The first-order valence-corrected chi connectivity index (χ1v) is 8.06.